The first-order valence-electron chi connectivity index (χ1n) is 6.36. The zero-order valence-electron chi connectivity index (χ0n) is 11.3. The van der Waals surface area contributed by atoms with Gasteiger partial charge in [-0.15, -0.1) is 0 Å². The summed E-state index contributed by atoms with van der Waals surface area (Å²) >= 11 is 1.67. The summed E-state index contributed by atoms with van der Waals surface area (Å²) in [6.07, 6.45) is 1.53. The highest BCUT2D eigenvalue weighted by Crippen LogP contribution is 2.34. The van der Waals surface area contributed by atoms with Crippen molar-refractivity contribution in [2.24, 2.45) is 0 Å². The lowest BCUT2D eigenvalue weighted by Gasteiger charge is -2.11. The van der Waals surface area contributed by atoms with Crippen LogP contribution >= 0.6 is 11.8 Å². The van der Waals surface area contributed by atoms with Crippen LogP contribution in [0.3, 0.4) is 0 Å². The molecule has 2 aromatic carbocycles. The molecule has 0 aliphatic heterocycles. The van der Waals surface area contributed by atoms with Crippen molar-refractivity contribution < 1.29 is 4.74 Å². The number of fused-ring (bicyclic) bond motifs is 1. The summed E-state index contributed by atoms with van der Waals surface area (Å²) in [5.74, 6) is 0.884. The Kier molecular flexibility index (Phi) is 3.60. The molecule has 1 N–H and O–H groups in total. The number of methoxy groups -OCH3 is 1. The fourth-order valence-electron chi connectivity index (χ4n) is 2.11. The van der Waals surface area contributed by atoms with E-state index in [2.05, 4.69) is 46.4 Å². The first kappa shape index (κ1) is 13.0. The fourth-order valence-corrected chi connectivity index (χ4v) is 2.94. The molecular weight excluding hydrogens is 270 g/mol. The molecule has 0 bridgehead atoms. The van der Waals surface area contributed by atoms with E-state index in [0.29, 0.717) is 5.25 Å². The van der Waals surface area contributed by atoms with Crippen molar-refractivity contribution in [3.05, 3.63) is 48.3 Å². The van der Waals surface area contributed by atoms with Gasteiger partial charge >= 0.3 is 0 Å². The normalized spacial score (nSPS) is 12.5. The van der Waals surface area contributed by atoms with E-state index in [0.717, 1.165) is 10.9 Å². The number of benzene rings is 2. The van der Waals surface area contributed by atoms with Crippen LogP contribution in [-0.4, -0.2) is 22.3 Å². The van der Waals surface area contributed by atoms with E-state index < -0.39 is 0 Å². The molecule has 1 atom stereocenters. The molecule has 1 heterocycles. The minimum absolute atomic E-state index is 0.314. The number of thioether (sulfide) groups is 1. The third-order valence-corrected chi connectivity index (χ3v) is 4.27. The van der Waals surface area contributed by atoms with Gasteiger partial charge in [0.15, 0.2) is 5.16 Å². The van der Waals surface area contributed by atoms with E-state index in [1.165, 1.54) is 22.7 Å². The predicted octanol–water partition coefficient (Wildman–Crippen LogP) is 3.82. The van der Waals surface area contributed by atoms with Gasteiger partial charge in [-0.05, 0) is 35.4 Å². The Labute approximate surface area is 121 Å². The Hall–Kier alpha value is -2.01. The highest BCUT2D eigenvalue weighted by molar-refractivity contribution is 7.99. The molecule has 0 fully saturated rings. The van der Waals surface area contributed by atoms with Gasteiger partial charge in [-0.25, -0.2) is 4.98 Å². The van der Waals surface area contributed by atoms with E-state index in [4.69, 9.17) is 4.74 Å². The second-order valence-electron chi connectivity index (χ2n) is 4.52. The van der Waals surface area contributed by atoms with Crippen LogP contribution in [0.15, 0.2) is 47.9 Å². The maximum Gasteiger partial charge on any atom is 0.183 e. The summed E-state index contributed by atoms with van der Waals surface area (Å²) in [6, 6.07) is 12.6. The molecule has 0 amide bonds. The molecule has 0 saturated carbocycles. The summed E-state index contributed by atoms with van der Waals surface area (Å²) < 4.78 is 5.25. The van der Waals surface area contributed by atoms with Crippen molar-refractivity contribution in [3.63, 3.8) is 0 Å². The molecular formula is C15H15N3OS. The van der Waals surface area contributed by atoms with Crippen molar-refractivity contribution in [2.45, 2.75) is 17.3 Å². The molecule has 20 heavy (non-hydrogen) atoms. The second-order valence-corrected chi connectivity index (χ2v) is 5.85. The molecule has 0 radical (unpaired) electrons. The van der Waals surface area contributed by atoms with Gasteiger partial charge in [0.1, 0.15) is 12.1 Å². The van der Waals surface area contributed by atoms with Crippen LogP contribution in [0.4, 0.5) is 0 Å². The highest BCUT2D eigenvalue weighted by atomic mass is 32.2. The van der Waals surface area contributed by atoms with Gasteiger partial charge in [-0.3, -0.25) is 5.10 Å². The minimum atomic E-state index is 0.314. The van der Waals surface area contributed by atoms with Crippen molar-refractivity contribution >= 4 is 22.5 Å². The number of nitrogens with one attached hydrogen (secondary N) is 1. The Balaban J connectivity index is 1.88. The molecule has 4 nitrogen and oxygen atoms in total. The molecule has 0 saturated heterocycles. The van der Waals surface area contributed by atoms with Crippen LogP contribution in [0.2, 0.25) is 0 Å². The Morgan fingerprint density at radius 3 is 2.70 bits per heavy atom. The third kappa shape index (κ3) is 2.63. The summed E-state index contributed by atoms with van der Waals surface area (Å²) in [5.41, 5.74) is 1.27. The number of hydrogen-bond donors (Lipinski definition) is 1. The number of H-pyrrole nitrogens is 1. The number of hydrogen-bond acceptors (Lipinski definition) is 4. The lowest BCUT2D eigenvalue weighted by atomic mass is 10.1. The van der Waals surface area contributed by atoms with Crippen molar-refractivity contribution in [1.82, 2.24) is 15.2 Å². The first-order valence-corrected chi connectivity index (χ1v) is 7.24. The minimum Gasteiger partial charge on any atom is -0.497 e. The molecule has 0 aliphatic carbocycles. The van der Waals surface area contributed by atoms with E-state index in [-0.39, 0.29) is 0 Å². The lowest BCUT2D eigenvalue weighted by molar-refractivity contribution is 0.415. The second kappa shape index (κ2) is 5.54. The van der Waals surface area contributed by atoms with E-state index in [9.17, 15) is 0 Å². The summed E-state index contributed by atoms with van der Waals surface area (Å²) in [5, 5.41) is 10.3. The van der Waals surface area contributed by atoms with Gasteiger partial charge in [0.25, 0.3) is 0 Å². The van der Waals surface area contributed by atoms with Gasteiger partial charge in [0.2, 0.25) is 0 Å². The molecule has 1 aromatic heterocycles. The largest absolute Gasteiger partial charge is 0.497 e. The average molecular weight is 285 g/mol. The van der Waals surface area contributed by atoms with Gasteiger partial charge in [0, 0.05) is 5.25 Å². The molecule has 0 spiro atoms. The Morgan fingerprint density at radius 2 is 1.95 bits per heavy atom. The maximum atomic E-state index is 5.25. The Bertz CT molecular complexity index is 712. The number of rotatable bonds is 4. The first-order chi connectivity index (χ1) is 9.76. The summed E-state index contributed by atoms with van der Waals surface area (Å²) in [4.78, 5) is 4.15. The maximum absolute atomic E-state index is 5.25. The van der Waals surface area contributed by atoms with Gasteiger partial charge in [-0.2, -0.15) is 5.10 Å². The number of aromatic amines is 1. The quantitative estimate of drug-likeness (QED) is 0.740. The average Bonchev–Trinajstić information content (AvgIpc) is 2.99. The van der Waals surface area contributed by atoms with E-state index >= 15 is 0 Å². The van der Waals surface area contributed by atoms with Crippen LogP contribution in [0.25, 0.3) is 10.8 Å². The monoisotopic (exact) mass is 285 g/mol. The topological polar surface area (TPSA) is 50.8 Å². The smallest absolute Gasteiger partial charge is 0.183 e. The van der Waals surface area contributed by atoms with Crippen LogP contribution in [-0.2, 0) is 0 Å². The summed E-state index contributed by atoms with van der Waals surface area (Å²) in [6.45, 7) is 2.16. The standard InChI is InChI=1S/C15H15N3OS/c1-10(20-15-16-9-17-18-15)11-3-4-13-8-14(19-2)6-5-12(13)7-11/h3-10H,1-2H3,(H,16,17,18)/t10-/m0/s1. The number of aromatic nitrogens is 3. The SMILES string of the molecule is COc1ccc2cc([C@H](C)Sc3ncn[nH]3)ccc2c1. The van der Waals surface area contributed by atoms with E-state index in [1.54, 1.807) is 18.9 Å². The Morgan fingerprint density at radius 1 is 1.15 bits per heavy atom. The number of nitrogens with zero attached hydrogens (tertiary/aromatic N) is 2. The van der Waals surface area contributed by atoms with Gasteiger partial charge < -0.3 is 4.74 Å². The van der Waals surface area contributed by atoms with E-state index in [1.807, 2.05) is 12.1 Å². The third-order valence-electron chi connectivity index (χ3n) is 3.22. The molecule has 3 rings (SSSR count). The van der Waals surface area contributed by atoms with Crippen molar-refractivity contribution in [1.29, 1.82) is 0 Å². The van der Waals surface area contributed by atoms with Gasteiger partial charge in [-0.1, -0.05) is 36.0 Å². The van der Waals surface area contributed by atoms with Crippen molar-refractivity contribution in [3.8, 4) is 5.75 Å². The predicted molar refractivity (Wildman–Crippen MR) is 81.2 cm³/mol. The van der Waals surface area contributed by atoms with Crippen LogP contribution < -0.4 is 4.74 Å². The number of ether oxygens (including phenoxy) is 1. The molecule has 0 aliphatic rings. The zero-order chi connectivity index (χ0) is 13.9. The van der Waals surface area contributed by atoms with Crippen molar-refractivity contribution in [2.75, 3.05) is 7.11 Å². The molecule has 5 heteroatoms. The molecule has 3 aromatic rings. The lowest BCUT2D eigenvalue weighted by Crippen LogP contribution is -1.90. The van der Waals surface area contributed by atoms with Gasteiger partial charge in [0.05, 0.1) is 7.11 Å². The van der Waals surface area contributed by atoms with Crippen LogP contribution in [0, 0.1) is 0 Å². The molecule has 0 unspecified atom stereocenters. The summed E-state index contributed by atoms with van der Waals surface area (Å²) in [7, 11) is 1.69. The highest BCUT2D eigenvalue weighted by Gasteiger charge is 2.10. The van der Waals surface area contributed by atoms with Crippen LogP contribution in [0.5, 0.6) is 5.75 Å². The van der Waals surface area contributed by atoms with Crippen LogP contribution in [0.1, 0.15) is 17.7 Å². The zero-order valence-corrected chi connectivity index (χ0v) is 12.1. The fraction of sp³-hybridized carbons (Fsp3) is 0.200. The molecule has 102 valence electrons.